The largest absolute Gasteiger partial charge is 1.00 e. The van der Waals surface area contributed by atoms with Crippen LogP contribution in [0.5, 0.6) is 0 Å². The third kappa shape index (κ3) is 3.61. The number of carbonyl (C=O) groups excluding carboxylic acids is 1. The fourth-order valence-corrected chi connectivity index (χ4v) is 1.79. The van der Waals surface area contributed by atoms with Gasteiger partial charge in [0, 0.05) is 13.2 Å². The first kappa shape index (κ1) is 16.3. The first-order valence-electron chi connectivity index (χ1n) is 5.62. The number of guanidine groups is 1. The number of carbonyl (C=O) groups is 1. The van der Waals surface area contributed by atoms with Gasteiger partial charge >= 0.3 is 29.6 Å². The molecule has 1 amide bonds. The van der Waals surface area contributed by atoms with E-state index < -0.39 is 6.04 Å². The number of aliphatic hydroxyl groups is 1. The van der Waals surface area contributed by atoms with Crippen molar-refractivity contribution < 1.29 is 44.6 Å². The van der Waals surface area contributed by atoms with Crippen molar-refractivity contribution in [3.8, 4) is 0 Å². The monoisotopic (exact) mass is 275 g/mol. The van der Waals surface area contributed by atoms with Crippen molar-refractivity contribution in [3.63, 3.8) is 0 Å². The Bertz CT molecular complexity index is 421. The molecular weight excluding hydrogens is 261 g/mol. The summed E-state index contributed by atoms with van der Waals surface area (Å²) in [5, 5.41) is 29.3. The number of hydrogen-bond acceptors (Lipinski definition) is 6. The van der Waals surface area contributed by atoms with E-state index in [1.54, 1.807) is 4.90 Å². The fraction of sp³-hybridized carbons (Fsp3) is 0.600. The molecule has 3 N–H and O–H groups in total. The Balaban J connectivity index is 0.00000180. The summed E-state index contributed by atoms with van der Waals surface area (Å²) in [5.41, 5.74) is 0. The van der Waals surface area contributed by atoms with Gasteiger partial charge in [-0.3, -0.25) is 20.5 Å². The molecule has 0 radical (unpaired) electrons. The Morgan fingerprint density at radius 2 is 2.37 bits per heavy atom. The van der Waals surface area contributed by atoms with Crippen LogP contribution in [0, 0.1) is 11.3 Å². The molecule has 0 aromatic carbocycles. The minimum Gasteiger partial charge on any atom is -0.854 e. The second-order valence-electron chi connectivity index (χ2n) is 4.17. The van der Waals surface area contributed by atoms with Crippen molar-refractivity contribution in [2.45, 2.75) is 12.5 Å². The summed E-state index contributed by atoms with van der Waals surface area (Å²) in [6.07, 6.45) is 1.98. The predicted molar refractivity (Wildman–Crippen MR) is 62.4 cm³/mol. The van der Waals surface area contributed by atoms with E-state index in [1.807, 2.05) is 0 Å². The molecule has 0 saturated heterocycles. The summed E-state index contributed by atoms with van der Waals surface area (Å²) in [4.78, 5) is 21.1. The van der Waals surface area contributed by atoms with Crippen molar-refractivity contribution in [1.82, 2.24) is 10.2 Å². The number of rotatable bonds is 5. The Morgan fingerprint density at radius 1 is 1.63 bits per heavy atom. The quantitative estimate of drug-likeness (QED) is 0.433. The van der Waals surface area contributed by atoms with E-state index in [2.05, 4.69) is 15.3 Å². The average Bonchev–Trinajstić information content (AvgIpc) is 2.74. The van der Waals surface area contributed by atoms with Crippen LogP contribution in [0.1, 0.15) is 6.42 Å². The van der Waals surface area contributed by atoms with E-state index in [0.29, 0.717) is 18.8 Å². The Morgan fingerprint density at radius 3 is 3.00 bits per heavy atom. The Labute approximate surface area is 132 Å². The predicted octanol–water partition coefficient (Wildman–Crippen LogP) is -5.48. The van der Waals surface area contributed by atoms with Crippen LogP contribution >= 0.6 is 0 Å². The van der Waals surface area contributed by atoms with E-state index in [0.717, 1.165) is 0 Å². The van der Waals surface area contributed by atoms with Gasteiger partial charge < -0.3 is 15.1 Å². The fourth-order valence-electron chi connectivity index (χ4n) is 1.79. The van der Waals surface area contributed by atoms with Gasteiger partial charge in [0.2, 0.25) is 5.96 Å². The summed E-state index contributed by atoms with van der Waals surface area (Å²) < 4.78 is 0. The second kappa shape index (κ2) is 7.11. The topological polar surface area (TPSA) is 124 Å². The molecule has 2 rings (SSSR count). The molecule has 0 spiro atoms. The van der Waals surface area contributed by atoms with Crippen molar-refractivity contribution in [2.75, 3.05) is 19.8 Å². The number of fused-ring (bicyclic) bond motifs is 1. The maximum Gasteiger partial charge on any atom is 1.00 e. The van der Waals surface area contributed by atoms with E-state index in [9.17, 15) is 9.90 Å². The van der Waals surface area contributed by atoms with Gasteiger partial charge in [0.1, 0.15) is 5.84 Å². The van der Waals surface area contributed by atoms with Crippen LogP contribution in [0.15, 0.2) is 9.98 Å². The number of aliphatic imine (C=N–C) groups is 2. The smallest absolute Gasteiger partial charge is 0.854 e. The SMILES string of the molecule is N=C1N=C2C(N=CN2CCC(C[O-])CO)C(=O)N1.[Na+]. The number of amidine groups is 1. The maximum atomic E-state index is 11.5. The second-order valence-corrected chi connectivity index (χ2v) is 4.17. The molecule has 9 heteroatoms. The zero-order valence-electron chi connectivity index (χ0n) is 10.7. The molecule has 2 atom stereocenters. The van der Waals surface area contributed by atoms with E-state index in [4.69, 9.17) is 10.5 Å². The van der Waals surface area contributed by atoms with Crippen molar-refractivity contribution in [1.29, 1.82) is 5.41 Å². The van der Waals surface area contributed by atoms with Gasteiger partial charge in [0.05, 0.1) is 6.34 Å². The Kier molecular flexibility index (Phi) is 6.08. The molecule has 0 bridgehead atoms. The summed E-state index contributed by atoms with van der Waals surface area (Å²) in [6, 6.07) is -0.695. The number of nitrogens with zero attached hydrogens (tertiary/aromatic N) is 3. The standard InChI is InChI=1S/C10H14N5O3.Na/c11-10-13-8-7(9(18)14-10)12-5-15(8)2-1-6(3-16)4-17;/h5-7,16H,1-4H2,(H2,11,14,18);/q-1;+1. The zero-order chi connectivity index (χ0) is 13.1. The molecule has 2 heterocycles. The molecule has 0 aromatic heterocycles. The normalized spacial score (nSPS) is 22.5. The summed E-state index contributed by atoms with van der Waals surface area (Å²) in [7, 11) is 0. The zero-order valence-corrected chi connectivity index (χ0v) is 12.7. The van der Waals surface area contributed by atoms with Gasteiger partial charge in [-0.25, -0.2) is 0 Å². The van der Waals surface area contributed by atoms with Crippen LogP contribution in [-0.2, 0) is 4.79 Å². The van der Waals surface area contributed by atoms with Crippen molar-refractivity contribution in [3.05, 3.63) is 0 Å². The number of amides is 1. The molecule has 0 saturated carbocycles. The number of hydrogen-bond donors (Lipinski definition) is 3. The van der Waals surface area contributed by atoms with Crippen LogP contribution in [0.2, 0.25) is 0 Å². The molecule has 2 aliphatic heterocycles. The molecule has 19 heavy (non-hydrogen) atoms. The van der Waals surface area contributed by atoms with Gasteiger partial charge in [-0.1, -0.05) is 0 Å². The molecule has 2 unspecified atom stereocenters. The number of nitrogens with one attached hydrogen (secondary N) is 2. The molecule has 0 fully saturated rings. The Hall–Kier alpha value is -0.800. The van der Waals surface area contributed by atoms with Crippen molar-refractivity contribution in [2.24, 2.45) is 15.9 Å². The van der Waals surface area contributed by atoms with Gasteiger partial charge in [0.25, 0.3) is 5.91 Å². The van der Waals surface area contributed by atoms with E-state index >= 15 is 0 Å². The maximum absolute atomic E-state index is 11.5. The third-order valence-corrected chi connectivity index (χ3v) is 2.88. The van der Waals surface area contributed by atoms with Gasteiger partial charge in [0.15, 0.2) is 6.04 Å². The van der Waals surface area contributed by atoms with Crippen LogP contribution in [0.3, 0.4) is 0 Å². The van der Waals surface area contributed by atoms with Gasteiger partial charge in [-0.2, -0.15) is 4.99 Å². The summed E-state index contributed by atoms with van der Waals surface area (Å²) in [6.45, 7) is -0.0404. The van der Waals surface area contributed by atoms with Gasteiger partial charge in [-0.05, 0) is 12.3 Å². The summed E-state index contributed by atoms with van der Waals surface area (Å²) in [5.74, 6) is -0.475. The first-order valence-corrected chi connectivity index (χ1v) is 5.62. The van der Waals surface area contributed by atoms with E-state index in [-0.39, 0.29) is 60.6 Å². The average molecular weight is 275 g/mol. The van der Waals surface area contributed by atoms with Crippen LogP contribution < -0.4 is 40.0 Å². The molecule has 8 nitrogen and oxygen atoms in total. The summed E-state index contributed by atoms with van der Waals surface area (Å²) >= 11 is 0. The molecule has 98 valence electrons. The molecule has 2 aliphatic rings. The molecular formula is C10H14N5NaO3. The minimum atomic E-state index is -0.695. The number of aliphatic hydroxyl groups excluding tert-OH is 1. The first-order chi connectivity index (χ1) is 8.65. The van der Waals surface area contributed by atoms with Crippen LogP contribution in [0.25, 0.3) is 0 Å². The third-order valence-electron chi connectivity index (χ3n) is 2.88. The molecule has 0 aromatic rings. The minimum absolute atomic E-state index is 0. The van der Waals surface area contributed by atoms with Crippen LogP contribution in [-0.4, -0.2) is 59.8 Å². The van der Waals surface area contributed by atoms with Gasteiger partial charge in [-0.15, -0.1) is 6.61 Å². The molecule has 0 aliphatic carbocycles. The van der Waals surface area contributed by atoms with Crippen molar-refractivity contribution >= 4 is 24.0 Å². The van der Waals surface area contributed by atoms with E-state index in [1.165, 1.54) is 6.34 Å². The van der Waals surface area contributed by atoms with Crippen LogP contribution in [0.4, 0.5) is 0 Å².